The molecule has 0 saturated heterocycles. The number of fused-ring (bicyclic) bond motifs is 2. The largest absolute Gasteiger partial charge is 0.491 e. The fraction of sp³-hybridized carbons (Fsp3) is 0.133. The van der Waals surface area contributed by atoms with Crippen molar-refractivity contribution >= 4 is 11.6 Å². The second kappa shape index (κ2) is 3.60. The predicted octanol–water partition coefficient (Wildman–Crippen LogP) is 2.53. The number of hydrogen-bond donors (Lipinski definition) is 1. The molecule has 3 rings (SSSR count). The average Bonchev–Trinajstić information content (AvgIpc) is 2.90. The van der Waals surface area contributed by atoms with Crippen molar-refractivity contribution in [1.29, 1.82) is 0 Å². The summed E-state index contributed by atoms with van der Waals surface area (Å²) in [6.45, 7) is 7.82. The molecule has 1 unspecified atom stereocenters. The summed E-state index contributed by atoms with van der Waals surface area (Å²) in [4.78, 5) is 12.4. The summed E-state index contributed by atoms with van der Waals surface area (Å²) in [5.41, 5.74) is 1.82. The first-order valence-electron chi connectivity index (χ1n) is 5.77. The van der Waals surface area contributed by atoms with Gasteiger partial charge in [-0.25, -0.2) is 0 Å². The highest BCUT2D eigenvalue weighted by molar-refractivity contribution is 6.09. The first-order valence-corrected chi connectivity index (χ1v) is 5.77. The molecule has 0 aromatic heterocycles. The van der Waals surface area contributed by atoms with Crippen molar-refractivity contribution in [3.8, 4) is 0 Å². The Kier molecular flexibility index (Phi) is 2.17. The first kappa shape index (κ1) is 10.8. The van der Waals surface area contributed by atoms with Crippen LogP contribution in [0.3, 0.4) is 0 Å². The van der Waals surface area contributed by atoms with Crippen LogP contribution < -0.4 is 5.32 Å². The molecular formula is C15H13NO2. The van der Waals surface area contributed by atoms with Crippen LogP contribution in [0.2, 0.25) is 0 Å². The molecule has 0 fully saturated rings. The normalized spacial score (nSPS) is 24.8. The van der Waals surface area contributed by atoms with Gasteiger partial charge in [-0.05, 0) is 17.7 Å². The van der Waals surface area contributed by atoms with Crippen molar-refractivity contribution < 1.29 is 9.53 Å². The van der Waals surface area contributed by atoms with E-state index in [1.807, 2.05) is 24.3 Å². The zero-order valence-corrected chi connectivity index (χ0v) is 9.90. The van der Waals surface area contributed by atoms with E-state index in [0.29, 0.717) is 12.4 Å². The molecule has 2 heterocycles. The van der Waals surface area contributed by atoms with Crippen molar-refractivity contribution in [1.82, 2.24) is 0 Å². The van der Waals surface area contributed by atoms with Crippen molar-refractivity contribution in [2.45, 2.75) is 5.41 Å². The van der Waals surface area contributed by atoms with Gasteiger partial charge in [0, 0.05) is 11.3 Å². The Bertz CT molecular complexity index is 600. The van der Waals surface area contributed by atoms with Gasteiger partial charge in [0.05, 0.1) is 0 Å². The van der Waals surface area contributed by atoms with Gasteiger partial charge in [0.15, 0.2) is 0 Å². The minimum Gasteiger partial charge on any atom is -0.491 e. The van der Waals surface area contributed by atoms with Gasteiger partial charge in [-0.3, -0.25) is 4.79 Å². The van der Waals surface area contributed by atoms with Crippen LogP contribution >= 0.6 is 0 Å². The minimum absolute atomic E-state index is 0.0598. The van der Waals surface area contributed by atoms with Crippen LogP contribution in [0.1, 0.15) is 5.56 Å². The standard InChI is InChI=1S/C15H13NO2/c1-3-10-13(4-2)18-9-15(10)11-7-5-6-8-12(11)16-14(15)17/h3-8H,1-2,9H2,(H,16,17). The zero-order chi connectivity index (χ0) is 12.8. The van der Waals surface area contributed by atoms with E-state index in [-0.39, 0.29) is 5.91 Å². The molecule has 0 bridgehead atoms. The molecule has 3 nitrogen and oxygen atoms in total. The average molecular weight is 239 g/mol. The van der Waals surface area contributed by atoms with Crippen molar-refractivity contribution in [2.75, 3.05) is 11.9 Å². The molecule has 90 valence electrons. The smallest absolute Gasteiger partial charge is 0.243 e. The van der Waals surface area contributed by atoms with Crippen molar-refractivity contribution in [2.24, 2.45) is 0 Å². The number of benzene rings is 1. The van der Waals surface area contributed by atoms with Gasteiger partial charge >= 0.3 is 0 Å². The lowest BCUT2D eigenvalue weighted by molar-refractivity contribution is -0.120. The van der Waals surface area contributed by atoms with Gasteiger partial charge in [0.1, 0.15) is 17.8 Å². The lowest BCUT2D eigenvalue weighted by Crippen LogP contribution is -2.37. The van der Waals surface area contributed by atoms with Crippen molar-refractivity contribution in [3.05, 3.63) is 66.5 Å². The Morgan fingerprint density at radius 3 is 2.78 bits per heavy atom. The molecule has 1 aromatic rings. The monoisotopic (exact) mass is 239 g/mol. The predicted molar refractivity (Wildman–Crippen MR) is 70.1 cm³/mol. The Balaban J connectivity index is 2.28. The number of hydrogen-bond acceptors (Lipinski definition) is 2. The third-order valence-corrected chi connectivity index (χ3v) is 3.58. The summed E-state index contributed by atoms with van der Waals surface area (Å²) in [5, 5.41) is 2.90. The zero-order valence-electron chi connectivity index (χ0n) is 9.90. The maximum Gasteiger partial charge on any atom is 0.243 e. The third-order valence-electron chi connectivity index (χ3n) is 3.58. The van der Waals surface area contributed by atoms with Gasteiger partial charge in [-0.15, -0.1) is 0 Å². The van der Waals surface area contributed by atoms with Crippen LogP contribution in [-0.2, 0) is 14.9 Å². The molecule has 1 spiro atoms. The number of para-hydroxylation sites is 1. The number of allylic oxidation sites excluding steroid dienone is 2. The number of amides is 1. The van der Waals surface area contributed by atoms with Gasteiger partial charge < -0.3 is 10.1 Å². The molecule has 1 amide bonds. The lowest BCUT2D eigenvalue weighted by Gasteiger charge is -2.21. The molecule has 1 atom stereocenters. The molecule has 2 aliphatic rings. The molecule has 1 aromatic carbocycles. The highest BCUT2D eigenvalue weighted by atomic mass is 16.5. The number of nitrogens with one attached hydrogen (secondary N) is 1. The summed E-state index contributed by atoms with van der Waals surface area (Å²) in [6, 6.07) is 7.67. The van der Waals surface area contributed by atoms with E-state index in [2.05, 4.69) is 18.5 Å². The molecule has 1 N–H and O–H groups in total. The molecule has 2 aliphatic heterocycles. The van der Waals surface area contributed by atoms with E-state index in [4.69, 9.17) is 4.74 Å². The van der Waals surface area contributed by atoms with Crippen LogP contribution in [0.4, 0.5) is 5.69 Å². The Morgan fingerprint density at radius 2 is 2.06 bits per heavy atom. The van der Waals surface area contributed by atoms with Gasteiger partial charge in [0.25, 0.3) is 0 Å². The van der Waals surface area contributed by atoms with Crippen molar-refractivity contribution in [3.63, 3.8) is 0 Å². The van der Waals surface area contributed by atoms with Crippen LogP contribution in [0.15, 0.2) is 60.9 Å². The Labute approximate surface area is 105 Å². The summed E-state index contributed by atoms with van der Waals surface area (Å²) in [6.07, 6.45) is 3.31. The molecule has 0 saturated carbocycles. The molecule has 0 aliphatic carbocycles. The van der Waals surface area contributed by atoms with E-state index < -0.39 is 5.41 Å². The van der Waals surface area contributed by atoms with Gasteiger partial charge in [0.2, 0.25) is 5.91 Å². The van der Waals surface area contributed by atoms with Crippen LogP contribution in [0.5, 0.6) is 0 Å². The van der Waals surface area contributed by atoms with Crippen LogP contribution in [-0.4, -0.2) is 12.5 Å². The number of rotatable bonds is 2. The number of carbonyl (C=O) groups excluding carboxylic acids is 1. The minimum atomic E-state index is -0.762. The first-order chi connectivity index (χ1) is 8.74. The van der Waals surface area contributed by atoms with E-state index in [9.17, 15) is 4.79 Å². The molecule has 0 radical (unpaired) electrons. The lowest BCUT2D eigenvalue weighted by atomic mass is 9.76. The molecule has 18 heavy (non-hydrogen) atoms. The fourth-order valence-corrected chi connectivity index (χ4v) is 2.72. The Morgan fingerprint density at radius 1 is 1.28 bits per heavy atom. The van der Waals surface area contributed by atoms with Crippen LogP contribution in [0, 0.1) is 0 Å². The molecular weight excluding hydrogens is 226 g/mol. The topological polar surface area (TPSA) is 38.3 Å². The number of anilines is 1. The van der Waals surface area contributed by atoms with E-state index in [1.165, 1.54) is 0 Å². The van der Waals surface area contributed by atoms with Gasteiger partial charge in [-0.2, -0.15) is 0 Å². The maximum absolute atomic E-state index is 12.4. The number of ether oxygens (including phenoxy) is 1. The summed E-state index contributed by atoms with van der Waals surface area (Å²) >= 11 is 0. The van der Waals surface area contributed by atoms with Gasteiger partial charge in [-0.1, -0.05) is 37.4 Å². The van der Waals surface area contributed by atoms with E-state index >= 15 is 0 Å². The second-order valence-corrected chi connectivity index (χ2v) is 4.38. The number of carbonyl (C=O) groups is 1. The summed E-state index contributed by atoms with van der Waals surface area (Å²) in [7, 11) is 0. The van der Waals surface area contributed by atoms with E-state index in [1.54, 1.807) is 12.2 Å². The van der Waals surface area contributed by atoms with Crippen LogP contribution in [0.25, 0.3) is 0 Å². The summed E-state index contributed by atoms with van der Waals surface area (Å²) < 4.78 is 5.60. The maximum atomic E-state index is 12.4. The Hall–Kier alpha value is -2.29. The summed E-state index contributed by atoms with van der Waals surface area (Å²) in [5.74, 6) is 0.576. The second-order valence-electron chi connectivity index (χ2n) is 4.38. The fourth-order valence-electron chi connectivity index (χ4n) is 2.72. The highest BCUT2D eigenvalue weighted by Gasteiger charge is 2.53. The SMILES string of the molecule is C=CC1=C(C=C)C2(CO1)C(=O)Nc1ccccc12. The van der Waals surface area contributed by atoms with E-state index in [0.717, 1.165) is 16.8 Å². The highest BCUT2D eigenvalue weighted by Crippen LogP contribution is 2.48. The quantitative estimate of drug-likeness (QED) is 0.861. The molecule has 3 heteroatoms. The third kappa shape index (κ3) is 1.11.